The maximum absolute atomic E-state index is 12.1. The van der Waals surface area contributed by atoms with Crippen LogP contribution >= 0.6 is 24.2 Å². The van der Waals surface area contributed by atoms with E-state index in [1.165, 1.54) is 4.90 Å². The SMILES string of the molecule is CC(C)CNC(=O)c1ccc2c(c1)Nc1ccccc1S2.Cl. The number of halogens is 1. The van der Waals surface area contributed by atoms with Crippen LogP contribution < -0.4 is 10.6 Å². The van der Waals surface area contributed by atoms with E-state index in [4.69, 9.17) is 0 Å². The lowest BCUT2D eigenvalue weighted by atomic mass is 10.1. The molecule has 1 heterocycles. The highest BCUT2D eigenvalue weighted by molar-refractivity contribution is 7.99. The van der Waals surface area contributed by atoms with Crippen molar-refractivity contribution in [3.05, 3.63) is 48.0 Å². The van der Waals surface area contributed by atoms with Crippen molar-refractivity contribution in [3.8, 4) is 0 Å². The first-order valence-electron chi connectivity index (χ1n) is 7.09. The van der Waals surface area contributed by atoms with Gasteiger partial charge < -0.3 is 10.6 Å². The summed E-state index contributed by atoms with van der Waals surface area (Å²) in [6.07, 6.45) is 0. The standard InChI is InChI=1S/C17H18N2OS.ClH/c1-11(2)10-18-17(20)12-7-8-16-14(9-12)19-13-5-3-4-6-15(13)21-16;/h3-9,11,19H,10H2,1-2H3,(H,18,20);1H. The van der Waals surface area contributed by atoms with Crippen molar-refractivity contribution < 1.29 is 4.79 Å². The van der Waals surface area contributed by atoms with Gasteiger partial charge >= 0.3 is 0 Å². The van der Waals surface area contributed by atoms with Gasteiger partial charge in [0.2, 0.25) is 0 Å². The van der Waals surface area contributed by atoms with Crippen LogP contribution in [0.15, 0.2) is 52.3 Å². The Labute approximate surface area is 141 Å². The topological polar surface area (TPSA) is 41.1 Å². The summed E-state index contributed by atoms with van der Waals surface area (Å²) in [5, 5.41) is 6.35. The highest BCUT2D eigenvalue weighted by atomic mass is 35.5. The van der Waals surface area contributed by atoms with Crippen molar-refractivity contribution in [1.29, 1.82) is 0 Å². The molecule has 1 amide bonds. The quantitative estimate of drug-likeness (QED) is 0.729. The van der Waals surface area contributed by atoms with E-state index < -0.39 is 0 Å². The van der Waals surface area contributed by atoms with Crippen molar-refractivity contribution in [2.45, 2.75) is 23.6 Å². The molecule has 0 bridgehead atoms. The lowest BCUT2D eigenvalue weighted by molar-refractivity contribution is 0.0949. The Bertz CT molecular complexity index is 688. The van der Waals surface area contributed by atoms with Gasteiger partial charge in [-0.1, -0.05) is 37.7 Å². The van der Waals surface area contributed by atoms with Gasteiger partial charge in [-0.05, 0) is 36.2 Å². The van der Waals surface area contributed by atoms with Crippen molar-refractivity contribution in [1.82, 2.24) is 5.32 Å². The third-order valence-corrected chi connectivity index (χ3v) is 4.44. The minimum absolute atomic E-state index is 0. The van der Waals surface area contributed by atoms with Crippen LogP contribution in [-0.2, 0) is 0 Å². The molecule has 5 heteroatoms. The highest BCUT2D eigenvalue weighted by Crippen LogP contribution is 2.44. The maximum atomic E-state index is 12.1. The van der Waals surface area contributed by atoms with Gasteiger partial charge in [0, 0.05) is 21.9 Å². The van der Waals surface area contributed by atoms with Gasteiger partial charge in [0.05, 0.1) is 11.4 Å². The zero-order valence-corrected chi connectivity index (χ0v) is 14.2. The number of fused-ring (bicyclic) bond motifs is 2. The van der Waals surface area contributed by atoms with Gasteiger partial charge in [0.25, 0.3) is 5.91 Å². The van der Waals surface area contributed by atoms with Crippen LogP contribution in [-0.4, -0.2) is 12.5 Å². The number of carbonyl (C=O) groups excluding carboxylic acids is 1. The Balaban J connectivity index is 0.00000176. The smallest absolute Gasteiger partial charge is 0.251 e. The Kier molecular flexibility index (Phi) is 5.37. The molecule has 0 radical (unpaired) electrons. The second kappa shape index (κ2) is 7.07. The summed E-state index contributed by atoms with van der Waals surface area (Å²) in [7, 11) is 0. The number of carbonyl (C=O) groups is 1. The van der Waals surface area contributed by atoms with Crippen LogP contribution in [0.3, 0.4) is 0 Å². The predicted octanol–water partition coefficient (Wildman–Crippen LogP) is 4.70. The van der Waals surface area contributed by atoms with Crippen LogP contribution in [0.1, 0.15) is 24.2 Å². The lowest BCUT2D eigenvalue weighted by Crippen LogP contribution is -2.27. The summed E-state index contributed by atoms with van der Waals surface area (Å²) in [6.45, 7) is 4.87. The number of rotatable bonds is 3. The molecule has 1 aliphatic heterocycles. The van der Waals surface area contributed by atoms with Crippen LogP contribution in [0.4, 0.5) is 11.4 Å². The molecule has 2 aromatic carbocycles. The summed E-state index contributed by atoms with van der Waals surface area (Å²) in [6, 6.07) is 14.0. The minimum atomic E-state index is -0.0165. The summed E-state index contributed by atoms with van der Waals surface area (Å²) in [5.41, 5.74) is 2.78. The molecular formula is C17H19ClN2OS. The first-order valence-corrected chi connectivity index (χ1v) is 7.91. The maximum Gasteiger partial charge on any atom is 0.251 e. The van der Waals surface area contributed by atoms with Gasteiger partial charge in [-0.25, -0.2) is 0 Å². The largest absolute Gasteiger partial charge is 0.354 e. The Morgan fingerprint density at radius 2 is 1.86 bits per heavy atom. The molecule has 1 aliphatic rings. The number of nitrogens with one attached hydrogen (secondary N) is 2. The fourth-order valence-electron chi connectivity index (χ4n) is 2.18. The lowest BCUT2D eigenvalue weighted by Gasteiger charge is -2.21. The third-order valence-electron chi connectivity index (χ3n) is 3.29. The number of benzene rings is 2. The van der Waals surface area contributed by atoms with Gasteiger partial charge in [-0.3, -0.25) is 4.79 Å². The van der Waals surface area contributed by atoms with Gasteiger partial charge in [-0.2, -0.15) is 0 Å². The molecule has 0 spiro atoms. The molecule has 116 valence electrons. The average molecular weight is 335 g/mol. The van der Waals surface area contributed by atoms with E-state index in [0.717, 1.165) is 16.3 Å². The molecule has 0 atom stereocenters. The number of hydrogen-bond donors (Lipinski definition) is 2. The number of hydrogen-bond acceptors (Lipinski definition) is 3. The summed E-state index contributed by atoms with van der Waals surface area (Å²) < 4.78 is 0. The first kappa shape index (κ1) is 16.7. The molecule has 2 aromatic rings. The second-order valence-corrected chi connectivity index (χ2v) is 6.62. The summed E-state index contributed by atoms with van der Waals surface area (Å²) in [5.74, 6) is 0.435. The van der Waals surface area contributed by atoms with Crippen LogP contribution in [0.2, 0.25) is 0 Å². The number of anilines is 2. The van der Waals surface area contributed by atoms with Crippen molar-refractivity contribution in [2.75, 3.05) is 11.9 Å². The van der Waals surface area contributed by atoms with E-state index in [2.05, 4.69) is 36.6 Å². The molecule has 3 nitrogen and oxygen atoms in total. The highest BCUT2D eigenvalue weighted by Gasteiger charge is 2.17. The molecule has 0 aromatic heterocycles. The third kappa shape index (κ3) is 3.57. The van der Waals surface area contributed by atoms with Gasteiger partial charge in [0.1, 0.15) is 0 Å². The average Bonchev–Trinajstić information content (AvgIpc) is 2.50. The Morgan fingerprint density at radius 1 is 1.14 bits per heavy atom. The van der Waals surface area contributed by atoms with E-state index in [9.17, 15) is 4.79 Å². The fraction of sp³-hybridized carbons (Fsp3) is 0.235. The van der Waals surface area contributed by atoms with Crippen molar-refractivity contribution in [3.63, 3.8) is 0 Å². The molecule has 22 heavy (non-hydrogen) atoms. The van der Waals surface area contributed by atoms with Crippen LogP contribution in [0.5, 0.6) is 0 Å². The second-order valence-electron chi connectivity index (χ2n) is 5.54. The van der Waals surface area contributed by atoms with E-state index in [1.807, 2.05) is 30.3 Å². The van der Waals surface area contributed by atoms with E-state index in [0.29, 0.717) is 18.0 Å². The van der Waals surface area contributed by atoms with Crippen LogP contribution in [0.25, 0.3) is 0 Å². The molecule has 2 N–H and O–H groups in total. The molecule has 0 unspecified atom stereocenters. The predicted molar refractivity (Wildman–Crippen MR) is 94.7 cm³/mol. The zero-order valence-electron chi connectivity index (χ0n) is 12.6. The number of amides is 1. The summed E-state index contributed by atoms with van der Waals surface area (Å²) >= 11 is 1.73. The van der Waals surface area contributed by atoms with Gasteiger partial charge in [-0.15, -0.1) is 12.4 Å². The monoisotopic (exact) mass is 334 g/mol. The van der Waals surface area contributed by atoms with Crippen molar-refractivity contribution >= 4 is 41.5 Å². The molecule has 0 saturated carbocycles. The Hall–Kier alpha value is -1.65. The fourth-order valence-corrected chi connectivity index (χ4v) is 3.15. The van der Waals surface area contributed by atoms with E-state index in [1.54, 1.807) is 11.8 Å². The first-order chi connectivity index (χ1) is 10.1. The van der Waals surface area contributed by atoms with E-state index >= 15 is 0 Å². The van der Waals surface area contributed by atoms with Crippen LogP contribution in [0, 0.1) is 5.92 Å². The molecular weight excluding hydrogens is 316 g/mol. The van der Waals surface area contributed by atoms with Crippen molar-refractivity contribution in [2.24, 2.45) is 5.92 Å². The molecule has 0 saturated heterocycles. The molecule has 0 aliphatic carbocycles. The zero-order chi connectivity index (χ0) is 14.8. The number of para-hydroxylation sites is 1. The summed E-state index contributed by atoms with van der Waals surface area (Å²) in [4.78, 5) is 14.5. The molecule has 3 rings (SSSR count). The van der Waals surface area contributed by atoms with E-state index in [-0.39, 0.29) is 18.3 Å². The Morgan fingerprint density at radius 3 is 2.64 bits per heavy atom. The minimum Gasteiger partial charge on any atom is -0.354 e. The normalized spacial score (nSPS) is 11.8. The molecule has 0 fully saturated rings. The van der Waals surface area contributed by atoms with Gasteiger partial charge in [0.15, 0.2) is 0 Å².